The number of hydrogen-bond donors (Lipinski definition) is 2. The van der Waals surface area contributed by atoms with Crippen LogP contribution >= 0.6 is 0 Å². The van der Waals surface area contributed by atoms with E-state index in [4.69, 9.17) is 0 Å². The number of para-hydroxylation sites is 1. The van der Waals surface area contributed by atoms with Crippen molar-refractivity contribution >= 4 is 17.5 Å². The Balaban J connectivity index is 2.35. The molecule has 0 spiro atoms. The summed E-state index contributed by atoms with van der Waals surface area (Å²) in [5, 5.41) is 5.84. The molecule has 0 saturated carbocycles. The summed E-state index contributed by atoms with van der Waals surface area (Å²) in [5.41, 5.74) is -0.399. The average molecular weight is 324 g/mol. The SMILES string of the molecule is Cc1cc(NC(C)(C)C)nc(Nc2ccccc2C(F)(F)F)n1. The molecule has 2 rings (SSSR count). The summed E-state index contributed by atoms with van der Waals surface area (Å²) in [4.78, 5) is 8.39. The van der Waals surface area contributed by atoms with Crippen LogP contribution in [0.2, 0.25) is 0 Å². The molecule has 2 aromatic rings. The van der Waals surface area contributed by atoms with Gasteiger partial charge in [0.05, 0.1) is 11.3 Å². The normalized spacial score (nSPS) is 12.1. The van der Waals surface area contributed by atoms with E-state index < -0.39 is 11.7 Å². The number of anilines is 3. The monoisotopic (exact) mass is 324 g/mol. The lowest BCUT2D eigenvalue weighted by atomic mass is 10.1. The summed E-state index contributed by atoms with van der Waals surface area (Å²) >= 11 is 0. The lowest BCUT2D eigenvalue weighted by Gasteiger charge is -2.22. The molecule has 124 valence electrons. The van der Waals surface area contributed by atoms with Crippen LogP contribution in [0.5, 0.6) is 0 Å². The van der Waals surface area contributed by atoms with Gasteiger partial charge in [0.25, 0.3) is 0 Å². The van der Waals surface area contributed by atoms with Crippen LogP contribution in [0, 0.1) is 6.92 Å². The standard InChI is InChI=1S/C16H19F3N4/c1-10-9-13(23-15(2,3)4)22-14(20-10)21-12-8-6-5-7-11(12)16(17,18)19/h5-9H,1-4H3,(H2,20,21,22,23). The minimum absolute atomic E-state index is 0.0766. The van der Waals surface area contributed by atoms with Crippen molar-refractivity contribution in [2.45, 2.75) is 39.4 Å². The topological polar surface area (TPSA) is 49.8 Å². The fourth-order valence-corrected chi connectivity index (χ4v) is 2.03. The summed E-state index contributed by atoms with van der Waals surface area (Å²) in [6.45, 7) is 7.67. The summed E-state index contributed by atoms with van der Waals surface area (Å²) in [5.74, 6) is 0.672. The van der Waals surface area contributed by atoms with Gasteiger partial charge in [-0.1, -0.05) is 12.1 Å². The molecule has 1 aromatic heterocycles. The molecule has 7 heteroatoms. The van der Waals surface area contributed by atoms with Crippen LogP contribution in [-0.4, -0.2) is 15.5 Å². The van der Waals surface area contributed by atoms with Crippen LogP contribution in [0.15, 0.2) is 30.3 Å². The first-order valence-corrected chi connectivity index (χ1v) is 7.12. The van der Waals surface area contributed by atoms with E-state index in [1.165, 1.54) is 18.2 Å². The van der Waals surface area contributed by atoms with Gasteiger partial charge in [-0.2, -0.15) is 18.2 Å². The Morgan fingerprint density at radius 2 is 1.65 bits per heavy atom. The van der Waals surface area contributed by atoms with Gasteiger partial charge in [0, 0.05) is 17.3 Å². The number of alkyl halides is 3. The lowest BCUT2D eigenvalue weighted by molar-refractivity contribution is -0.136. The molecule has 0 atom stereocenters. The van der Waals surface area contributed by atoms with Crippen LogP contribution in [0.25, 0.3) is 0 Å². The van der Waals surface area contributed by atoms with Gasteiger partial charge < -0.3 is 10.6 Å². The third-order valence-electron chi connectivity index (χ3n) is 2.84. The molecular formula is C16H19F3N4. The van der Waals surface area contributed by atoms with Gasteiger partial charge in [-0.05, 0) is 39.8 Å². The molecule has 0 unspecified atom stereocenters. The Hall–Kier alpha value is -2.31. The minimum atomic E-state index is -4.44. The van der Waals surface area contributed by atoms with Gasteiger partial charge in [0.2, 0.25) is 5.95 Å². The van der Waals surface area contributed by atoms with Crippen LogP contribution in [0.1, 0.15) is 32.0 Å². The fourth-order valence-electron chi connectivity index (χ4n) is 2.03. The molecule has 0 aliphatic heterocycles. The molecule has 23 heavy (non-hydrogen) atoms. The zero-order valence-corrected chi connectivity index (χ0v) is 13.4. The predicted octanol–water partition coefficient (Wildman–Crippen LogP) is 4.76. The van der Waals surface area contributed by atoms with E-state index in [-0.39, 0.29) is 17.2 Å². The number of nitrogens with one attached hydrogen (secondary N) is 2. The van der Waals surface area contributed by atoms with E-state index in [2.05, 4.69) is 20.6 Å². The number of halogens is 3. The number of hydrogen-bond acceptors (Lipinski definition) is 4. The molecule has 1 heterocycles. The van der Waals surface area contributed by atoms with E-state index in [9.17, 15) is 13.2 Å². The van der Waals surface area contributed by atoms with Gasteiger partial charge >= 0.3 is 6.18 Å². The molecule has 0 radical (unpaired) electrons. The van der Waals surface area contributed by atoms with Crippen molar-refractivity contribution in [2.24, 2.45) is 0 Å². The second-order valence-corrected chi connectivity index (χ2v) is 6.26. The van der Waals surface area contributed by atoms with Crippen molar-refractivity contribution in [2.75, 3.05) is 10.6 Å². The van der Waals surface area contributed by atoms with Crippen molar-refractivity contribution in [1.82, 2.24) is 9.97 Å². The molecule has 2 N–H and O–H groups in total. The van der Waals surface area contributed by atoms with Crippen molar-refractivity contribution in [3.63, 3.8) is 0 Å². The lowest BCUT2D eigenvalue weighted by Crippen LogP contribution is -2.27. The quantitative estimate of drug-likeness (QED) is 0.855. The zero-order chi connectivity index (χ0) is 17.3. The maximum atomic E-state index is 13.0. The van der Waals surface area contributed by atoms with Gasteiger partial charge in [-0.3, -0.25) is 0 Å². The van der Waals surface area contributed by atoms with Crippen LogP contribution < -0.4 is 10.6 Å². The largest absolute Gasteiger partial charge is 0.418 e. The van der Waals surface area contributed by atoms with Crippen LogP contribution in [-0.2, 0) is 6.18 Å². The number of aromatic nitrogens is 2. The van der Waals surface area contributed by atoms with Gasteiger partial charge in [-0.25, -0.2) is 4.98 Å². The molecular weight excluding hydrogens is 305 g/mol. The first-order valence-electron chi connectivity index (χ1n) is 7.12. The predicted molar refractivity (Wildman–Crippen MR) is 84.9 cm³/mol. The van der Waals surface area contributed by atoms with Gasteiger partial charge in [-0.15, -0.1) is 0 Å². The molecule has 0 amide bonds. The Kier molecular flexibility index (Phi) is 4.49. The smallest absolute Gasteiger partial charge is 0.365 e. The maximum Gasteiger partial charge on any atom is 0.418 e. The fraction of sp³-hybridized carbons (Fsp3) is 0.375. The second kappa shape index (κ2) is 6.06. The number of benzene rings is 1. The summed E-state index contributed by atoms with van der Waals surface area (Å²) in [6.07, 6.45) is -4.44. The van der Waals surface area contributed by atoms with Crippen molar-refractivity contribution in [3.05, 3.63) is 41.6 Å². The van der Waals surface area contributed by atoms with Crippen LogP contribution in [0.4, 0.5) is 30.6 Å². The third kappa shape index (κ3) is 4.84. The Bertz CT molecular complexity index is 690. The van der Waals surface area contributed by atoms with E-state index in [1.54, 1.807) is 13.0 Å². The van der Waals surface area contributed by atoms with E-state index in [0.717, 1.165) is 6.07 Å². The molecule has 4 nitrogen and oxygen atoms in total. The number of nitrogens with zero attached hydrogens (tertiary/aromatic N) is 2. The molecule has 0 bridgehead atoms. The maximum absolute atomic E-state index is 13.0. The second-order valence-electron chi connectivity index (χ2n) is 6.26. The van der Waals surface area contributed by atoms with Crippen molar-refractivity contribution < 1.29 is 13.2 Å². The Labute approximate surface area is 133 Å². The zero-order valence-electron chi connectivity index (χ0n) is 13.4. The first kappa shape index (κ1) is 17.1. The highest BCUT2D eigenvalue weighted by molar-refractivity contribution is 5.60. The Morgan fingerprint density at radius 1 is 1.00 bits per heavy atom. The average Bonchev–Trinajstić information content (AvgIpc) is 2.35. The van der Waals surface area contributed by atoms with E-state index >= 15 is 0 Å². The van der Waals surface area contributed by atoms with Gasteiger partial charge in [0.15, 0.2) is 0 Å². The minimum Gasteiger partial charge on any atom is -0.365 e. The highest BCUT2D eigenvalue weighted by Gasteiger charge is 2.33. The summed E-state index contributed by atoms with van der Waals surface area (Å²) in [6, 6.07) is 6.99. The third-order valence-corrected chi connectivity index (χ3v) is 2.84. The summed E-state index contributed by atoms with van der Waals surface area (Å²) in [7, 11) is 0. The van der Waals surface area contributed by atoms with E-state index in [1.807, 2.05) is 20.8 Å². The highest BCUT2D eigenvalue weighted by atomic mass is 19.4. The molecule has 0 aliphatic carbocycles. The highest BCUT2D eigenvalue weighted by Crippen LogP contribution is 2.35. The molecule has 1 aromatic carbocycles. The van der Waals surface area contributed by atoms with Crippen molar-refractivity contribution in [3.8, 4) is 0 Å². The molecule has 0 saturated heterocycles. The van der Waals surface area contributed by atoms with Crippen molar-refractivity contribution in [1.29, 1.82) is 0 Å². The van der Waals surface area contributed by atoms with Gasteiger partial charge in [0.1, 0.15) is 5.82 Å². The molecule has 0 fully saturated rings. The summed E-state index contributed by atoms with van der Waals surface area (Å²) < 4.78 is 39.1. The van der Waals surface area contributed by atoms with E-state index in [0.29, 0.717) is 11.5 Å². The number of aryl methyl sites for hydroxylation is 1. The van der Waals surface area contributed by atoms with Crippen LogP contribution in [0.3, 0.4) is 0 Å². The Morgan fingerprint density at radius 3 is 2.26 bits per heavy atom. The molecule has 0 aliphatic rings. The first-order chi connectivity index (χ1) is 10.5. The number of rotatable bonds is 3.